The van der Waals surface area contributed by atoms with Gasteiger partial charge in [0.25, 0.3) is 0 Å². The topological polar surface area (TPSA) is 38.8 Å². The minimum Gasteiger partial charge on any atom is -0.444 e. The second-order valence-corrected chi connectivity index (χ2v) is 7.94. The normalized spacial score (nSPS) is 22.2. The summed E-state index contributed by atoms with van der Waals surface area (Å²) in [5.74, 6) is 0. The first kappa shape index (κ1) is 18.0. The summed E-state index contributed by atoms with van der Waals surface area (Å²) in [7, 11) is 0. The Morgan fingerprint density at radius 1 is 1.38 bits per heavy atom. The number of rotatable bonds is 4. The van der Waals surface area contributed by atoms with Crippen LogP contribution in [0.5, 0.6) is 0 Å². The monoisotopic (exact) mass is 297 g/mol. The van der Waals surface area contributed by atoms with Gasteiger partial charge in [0.1, 0.15) is 11.3 Å². The molecule has 0 bridgehead atoms. The molecule has 0 aliphatic carbocycles. The number of amides is 1. The average molecular weight is 297 g/mol. The minimum absolute atomic E-state index is 0.00213. The fourth-order valence-electron chi connectivity index (χ4n) is 2.68. The van der Waals surface area contributed by atoms with Gasteiger partial charge >= 0.3 is 6.09 Å². The van der Waals surface area contributed by atoms with Crippen molar-refractivity contribution in [3.63, 3.8) is 0 Å². The molecule has 1 amide bonds. The summed E-state index contributed by atoms with van der Waals surface area (Å²) in [6.45, 7) is 18.1. The molecule has 1 fully saturated rings. The van der Waals surface area contributed by atoms with E-state index >= 15 is 0 Å². The first-order valence-corrected chi connectivity index (χ1v) is 7.68. The van der Waals surface area contributed by atoms with Gasteiger partial charge in [0.15, 0.2) is 0 Å². The van der Waals surface area contributed by atoms with Gasteiger partial charge in [-0.25, -0.2) is 4.79 Å². The Bertz CT molecular complexity index is 393. The summed E-state index contributed by atoms with van der Waals surface area (Å²) in [6.07, 6.45) is 3.49. The molecule has 0 aromatic rings. The third-order valence-corrected chi connectivity index (χ3v) is 3.97. The number of hydrogen-bond donors (Lipinski definition) is 0. The second kappa shape index (κ2) is 5.99. The number of allylic oxidation sites excluding steroid dienone is 1. The Kier molecular flexibility index (Phi) is 5.14. The first-order chi connectivity index (χ1) is 9.41. The van der Waals surface area contributed by atoms with Gasteiger partial charge in [0, 0.05) is 0 Å². The SMILES string of the molecule is C=CCCC(C)(C)[C@H]1COC(C)(C)N1C(=O)OC(C)(C)C. The van der Waals surface area contributed by atoms with Crippen molar-refractivity contribution in [1.29, 1.82) is 0 Å². The van der Waals surface area contributed by atoms with E-state index in [1.54, 1.807) is 4.90 Å². The molecule has 0 spiro atoms. The third-order valence-electron chi connectivity index (χ3n) is 3.97. The molecule has 1 heterocycles. The van der Waals surface area contributed by atoms with E-state index in [0.717, 1.165) is 12.8 Å². The van der Waals surface area contributed by atoms with E-state index in [2.05, 4.69) is 20.4 Å². The second-order valence-electron chi connectivity index (χ2n) is 7.94. The zero-order chi connectivity index (χ0) is 16.5. The fourth-order valence-corrected chi connectivity index (χ4v) is 2.68. The largest absolute Gasteiger partial charge is 0.444 e. The van der Waals surface area contributed by atoms with Crippen molar-refractivity contribution in [2.45, 2.75) is 78.7 Å². The van der Waals surface area contributed by atoms with Crippen LogP contribution in [0, 0.1) is 5.41 Å². The lowest BCUT2D eigenvalue weighted by atomic mass is 9.79. The van der Waals surface area contributed by atoms with E-state index < -0.39 is 11.3 Å². The summed E-state index contributed by atoms with van der Waals surface area (Å²) in [5.41, 5.74) is -1.21. The zero-order valence-electron chi connectivity index (χ0n) is 14.7. The van der Waals surface area contributed by atoms with Crippen LogP contribution in [0.2, 0.25) is 0 Å². The van der Waals surface area contributed by atoms with Crippen molar-refractivity contribution >= 4 is 6.09 Å². The zero-order valence-corrected chi connectivity index (χ0v) is 14.7. The van der Waals surface area contributed by atoms with E-state index in [1.807, 2.05) is 40.7 Å². The molecule has 4 nitrogen and oxygen atoms in total. The maximum absolute atomic E-state index is 12.6. The number of carbonyl (C=O) groups is 1. The average Bonchev–Trinajstić information content (AvgIpc) is 2.60. The molecule has 4 heteroatoms. The molecule has 1 atom stereocenters. The molecule has 0 unspecified atom stereocenters. The predicted octanol–water partition coefficient (Wildman–Crippen LogP) is 4.35. The summed E-state index contributed by atoms with van der Waals surface area (Å²) in [4.78, 5) is 14.4. The molecule has 21 heavy (non-hydrogen) atoms. The molecule has 122 valence electrons. The number of ether oxygens (including phenoxy) is 2. The molecule has 1 aliphatic heterocycles. The van der Waals surface area contributed by atoms with Crippen molar-refractivity contribution < 1.29 is 14.3 Å². The van der Waals surface area contributed by atoms with Gasteiger partial charge in [-0.05, 0) is 52.9 Å². The molecule has 0 aromatic carbocycles. The molecule has 1 rings (SSSR count). The Balaban J connectivity index is 2.98. The molecule has 0 N–H and O–H groups in total. The standard InChI is InChI=1S/C17H31NO3/c1-9-10-11-16(5,6)13-12-20-17(7,8)18(13)14(19)21-15(2,3)4/h9,13H,1,10-12H2,2-8H3/t13-/m1/s1. The van der Waals surface area contributed by atoms with Gasteiger partial charge in [0.2, 0.25) is 0 Å². The first-order valence-electron chi connectivity index (χ1n) is 7.68. The lowest BCUT2D eigenvalue weighted by molar-refractivity contribution is -0.0673. The highest BCUT2D eigenvalue weighted by Crippen LogP contribution is 2.40. The van der Waals surface area contributed by atoms with Crippen molar-refractivity contribution in [2.75, 3.05) is 6.61 Å². The van der Waals surface area contributed by atoms with E-state index in [4.69, 9.17) is 9.47 Å². The van der Waals surface area contributed by atoms with Crippen molar-refractivity contribution in [3.8, 4) is 0 Å². The number of hydrogen-bond acceptors (Lipinski definition) is 3. The maximum Gasteiger partial charge on any atom is 0.412 e. The van der Waals surface area contributed by atoms with Crippen LogP contribution in [0.3, 0.4) is 0 Å². The smallest absolute Gasteiger partial charge is 0.412 e. The van der Waals surface area contributed by atoms with Crippen LogP contribution in [0.1, 0.15) is 61.3 Å². The molecule has 1 aliphatic rings. The summed E-state index contributed by atoms with van der Waals surface area (Å²) in [5, 5.41) is 0. The molecule has 0 aromatic heterocycles. The van der Waals surface area contributed by atoms with Crippen molar-refractivity contribution in [3.05, 3.63) is 12.7 Å². The van der Waals surface area contributed by atoms with Gasteiger partial charge in [-0.3, -0.25) is 4.90 Å². The van der Waals surface area contributed by atoms with E-state index in [1.165, 1.54) is 0 Å². The minimum atomic E-state index is -0.640. The molecule has 0 radical (unpaired) electrons. The quantitative estimate of drug-likeness (QED) is 0.724. The van der Waals surface area contributed by atoms with Crippen LogP contribution in [0.15, 0.2) is 12.7 Å². The summed E-state index contributed by atoms with van der Waals surface area (Å²) < 4.78 is 11.4. The number of nitrogens with zero attached hydrogens (tertiary/aromatic N) is 1. The van der Waals surface area contributed by atoms with Crippen LogP contribution in [0.4, 0.5) is 4.79 Å². The van der Waals surface area contributed by atoms with Gasteiger partial charge in [-0.15, -0.1) is 6.58 Å². The van der Waals surface area contributed by atoms with Crippen molar-refractivity contribution in [1.82, 2.24) is 4.90 Å². The van der Waals surface area contributed by atoms with Crippen LogP contribution >= 0.6 is 0 Å². The van der Waals surface area contributed by atoms with E-state index in [9.17, 15) is 4.79 Å². The van der Waals surface area contributed by atoms with Crippen LogP contribution in [-0.2, 0) is 9.47 Å². The lowest BCUT2D eigenvalue weighted by Crippen LogP contribution is -2.54. The Morgan fingerprint density at radius 2 is 1.95 bits per heavy atom. The van der Waals surface area contributed by atoms with Crippen LogP contribution < -0.4 is 0 Å². The van der Waals surface area contributed by atoms with Crippen molar-refractivity contribution in [2.24, 2.45) is 5.41 Å². The maximum atomic E-state index is 12.6. The number of carbonyl (C=O) groups excluding carboxylic acids is 1. The molecular weight excluding hydrogens is 266 g/mol. The molecule has 0 saturated carbocycles. The Labute approximate surface area is 129 Å². The molecule has 1 saturated heterocycles. The molecular formula is C17H31NO3. The van der Waals surface area contributed by atoms with Crippen LogP contribution in [0.25, 0.3) is 0 Å². The van der Waals surface area contributed by atoms with E-state index in [-0.39, 0.29) is 17.6 Å². The highest BCUT2D eigenvalue weighted by Gasteiger charge is 2.50. The summed E-state index contributed by atoms with van der Waals surface area (Å²) >= 11 is 0. The van der Waals surface area contributed by atoms with Gasteiger partial charge < -0.3 is 9.47 Å². The van der Waals surface area contributed by atoms with Crippen LogP contribution in [-0.4, -0.2) is 35.0 Å². The fraction of sp³-hybridized carbons (Fsp3) is 0.824. The predicted molar refractivity (Wildman–Crippen MR) is 85.1 cm³/mol. The van der Waals surface area contributed by atoms with Gasteiger partial charge in [0.05, 0.1) is 12.6 Å². The Hall–Kier alpha value is -1.03. The van der Waals surface area contributed by atoms with E-state index in [0.29, 0.717) is 6.61 Å². The highest BCUT2D eigenvalue weighted by molar-refractivity contribution is 5.70. The third kappa shape index (κ3) is 4.47. The van der Waals surface area contributed by atoms with Gasteiger partial charge in [-0.2, -0.15) is 0 Å². The lowest BCUT2D eigenvalue weighted by Gasteiger charge is -2.41. The summed E-state index contributed by atoms with van der Waals surface area (Å²) in [6, 6.07) is 0.00213. The van der Waals surface area contributed by atoms with Gasteiger partial charge in [-0.1, -0.05) is 19.9 Å². The highest BCUT2D eigenvalue weighted by atomic mass is 16.6. The Morgan fingerprint density at radius 3 is 2.43 bits per heavy atom.